The van der Waals surface area contributed by atoms with Crippen LogP contribution in [0.1, 0.15) is 80.0 Å². The van der Waals surface area contributed by atoms with Crippen LogP contribution in [0.3, 0.4) is 0 Å². The van der Waals surface area contributed by atoms with Gasteiger partial charge >= 0.3 is 0 Å². The standard InChI is InChI=1S/C36H47FN2O3/c1-3-39(26-27-10-17-36(34(37)22-27)42-21-20-38-18-8-6-4-5-7-9-19-38)35-25-32(41-2)15-16-33(35)30-12-11-29-24-31(40)14-13-28(29)23-30/h10,13-17,22,24-25,30,40H,3-9,11-12,18-21,23,26H2,1-2H3. The van der Waals surface area contributed by atoms with Gasteiger partial charge in [0.15, 0.2) is 11.6 Å². The van der Waals surface area contributed by atoms with E-state index in [1.165, 1.54) is 55.2 Å². The van der Waals surface area contributed by atoms with Gasteiger partial charge in [-0.3, -0.25) is 4.90 Å². The molecule has 3 aromatic carbocycles. The summed E-state index contributed by atoms with van der Waals surface area (Å²) in [5.41, 5.74) is 5.88. The van der Waals surface area contributed by atoms with E-state index in [0.29, 0.717) is 30.6 Å². The summed E-state index contributed by atoms with van der Waals surface area (Å²) < 4.78 is 26.7. The zero-order valence-electron chi connectivity index (χ0n) is 25.4. The molecule has 2 aliphatic rings. The first-order chi connectivity index (χ1) is 20.5. The lowest BCUT2D eigenvalue weighted by Crippen LogP contribution is -2.30. The van der Waals surface area contributed by atoms with Gasteiger partial charge in [0.25, 0.3) is 0 Å². The molecule has 1 aliphatic carbocycles. The van der Waals surface area contributed by atoms with Gasteiger partial charge in [-0.1, -0.05) is 43.9 Å². The number of aryl methyl sites for hydroxylation is 1. The van der Waals surface area contributed by atoms with Gasteiger partial charge in [0.05, 0.1) is 7.11 Å². The van der Waals surface area contributed by atoms with Crippen LogP contribution < -0.4 is 14.4 Å². The molecule has 0 aromatic heterocycles. The Kier molecular flexibility index (Phi) is 10.6. The third kappa shape index (κ3) is 7.77. The topological polar surface area (TPSA) is 45.2 Å². The van der Waals surface area contributed by atoms with E-state index in [0.717, 1.165) is 62.4 Å². The first-order valence-electron chi connectivity index (χ1n) is 15.9. The van der Waals surface area contributed by atoms with Gasteiger partial charge in [-0.25, -0.2) is 4.39 Å². The summed E-state index contributed by atoms with van der Waals surface area (Å²) in [5.74, 6) is 1.55. The maximum atomic E-state index is 15.2. The van der Waals surface area contributed by atoms with Crippen molar-refractivity contribution in [2.45, 2.75) is 77.2 Å². The molecule has 0 amide bonds. The fraction of sp³-hybridized carbons (Fsp3) is 0.500. The van der Waals surface area contributed by atoms with Crippen LogP contribution in [0.25, 0.3) is 0 Å². The number of hydrogen-bond donors (Lipinski definition) is 1. The number of aromatic hydroxyl groups is 1. The molecule has 5 nitrogen and oxygen atoms in total. The molecule has 42 heavy (non-hydrogen) atoms. The van der Waals surface area contributed by atoms with Crippen LogP contribution in [-0.4, -0.2) is 49.9 Å². The average Bonchev–Trinajstić information content (AvgIpc) is 3.14. The van der Waals surface area contributed by atoms with E-state index in [4.69, 9.17) is 9.47 Å². The van der Waals surface area contributed by atoms with Crippen LogP contribution in [-0.2, 0) is 19.4 Å². The summed E-state index contributed by atoms with van der Waals surface area (Å²) in [7, 11) is 1.70. The molecule has 5 rings (SSSR count). The number of fused-ring (bicyclic) bond motifs is 1. The Morgan fingerprint density at radius 2 is 1.71 bits per heavy atom. The maximum absolute atomic E-state index is 15.2. The van der Waals surface area contributed by atoms with E-state index >= 15 is 4.39 Å². The Labute approximate surface area is 251 Å². The average molecular weight is 575 g/mol. The van der Waals surface area contributed by atoms with Gasteiger partial charge in [-0.15, -0.1) is 0 Å². The Bertz CT molecular complexity index is 1300. The molecule has 226 valence electrons. The molecule has 0 saturated carbocycles. The van der Waals surface area contributed by atoms with Crippen molar-refractivity contribution in [1.29, 1.82) is 0 Å². The van der Waals surface area contributed by atoms with Crippen molar-refractivity contribution in [3.05, 3.63) is 82.7 Å². The highest BCUT2D eigenvalue weighted by Gasteiger charge is 2.25. The third-order valence-corrected chi connectivity index (χ3v) is 9.05. The second-order valence-corrected chi connectivity index (χ2v) is 11.9. The van der Waals surface area contributed by atoms with E-state index in [1.54, 1.807) is 25.3 Å². The summed E-state index contributed by atoms with van der Waals surface area (Å²) in [6, 6.07) is 17.5. The minimum Gasteiger partial charge on any atom is -0.508 e. The van der Waals surface area contributed by atoms with Crippen LogP contribution in [0.15, 0.2) is 54.6 Å². The highest BCUT2D eigenvalue weighted by Crippen LogP contribution is 2.40. The number of phenolic OH excluding ortho intramolecular Hbond substituents is 1. The molecular weight excluding hydrogens is 527 g/mol. The van der Waals surface area contributed by atoms with Gasteiger partial charge < -0.3 is 19.5 Å². The third-order valence-electron chi connectivity index (χ3n) is 9.05. The monoisotopic (exact) mass is 574 g/mol. The number of hydrogen-bond acceptors (Lipinski definition) is 5. The predicted octanol–water partition coefficient (Wildman–Crippen LogP) is 7.87. The molecule has 1 aliphatic heterocycles. The fourth-order valence-corrected chi connectivity index (χ4v) is 6.62. The number of phenols is 1. The second-order valence-electron chi connectivity index (χ2n) is 11.9. The quantitative estimate of drug-likeness (QED) is 0.267. The lowest BCUT2D eigenvalue weighted by Gasteiger charge is -2.32. The van der Waals surface area contributed by atoms with E-state index in [1.807, 2.05) is 18.2 Å². The molecule has 1 fully saturated rings. The Morgan fingerprint density at radius 1 is 0.929 bits per heavy atom. The number of halogens is 1. The highest BCUT2D eigenvalue weighted by atomic mass is 19.1. The molecule has 1 N–H and O–H groups in total. The van der Waals surface area contributed by atoms with Crippen LogP contribution in [0.4, 0.5) is 10.1 Å². The molecule has 0 bridgehead atoms. The first-order valence-corrected chi connectivity index (χ1v) is 15.9. The fourth-order valence-electron chi connectivity index (χ4n) is 6.62. The van der Waals surface area contributed by atoms with Crippen molar-refractivity contribution < 1.29 is 19.0 Å². The van der Waals surface area contributed by atoms with Crippen molar-refractivity contribution >= 4 is 5.69 Å². The van der Waals surface area contributed by atoms with Gasteiger partial charge in [-0.2, -0.15) is 0 Å². The summed E-state index contributed by atoms with van der Waals surface area (Å²) in [6.07, 6.45) is 10.7. The maximum Gasteiger partial charge on any atom is 0.165 e. The number of ether oxygens (including phenoxy) is 2. The molecule has 1 atom stereocenters. The summed E-state index contributed by atoms with van der Waals surface area (Å²) in [4.78, 5) is 4.78. The van der Waals surface area contributed by atoms with Gasteiger partial charge in [0.1, 0.15) is 18.1 Å². The van der Waals surface area contributed by atoms with E-state index < -0.39 is 0 Å². The van der Waals surface area contributed by atoms with Crippen molar-refractivity contribution in [1.82, 2.24) is 4.90 Å². The zero-order chi connectivity index (χ0) is 29.3. The number of nitrogens with zero attached hydrogens (tertiary/aromatic N) is 2. The summed E-state index contributed by atoms with van der Waals surface area (Å²) >= 11 is 0. The molecule has 1 saturated heterocycles. The lowest BCUT2D eigenvalue weighted by atomic mass is 9.79. The molecule has 1 unspecified atom stereocenters. The summed E-state index contributed by atoms with van der Waals surface area (Å²) in [6.45, 7) is 7.10. The number of rotatable bonds is 10. The Balaban J connectivity index is 1.26. The second kappa shape index (κ2) is 14.8. The smallest absolute Gasteiger partial charge is 0.165 e. The molecular formula is C36H47FN2O3. The normalized spacial score (nSPS) is 17.9. The van der Waals surface area contributed by atoms with Crippen LogP contribution in [0, 0.1) is 5.82 Å². The van der Waals surface area contributed by atoms with Gasteiger partial charge in [0.2, 0.25) is 0 Å². The van der Waals surface area contributed by atoms with Crippen LogP contribution in [0.5, 0.6) is 17.2 Å². The minimum absolute atomic E-state index is 0.300. The number of benzene rings is 3. The van der Waals surface area contributed by atoms with Crippen LogP contribution in [0.2, 0.25) is 0 Å². The Morgan fingerprint density at radius 3 is 2.45 bits per heavy atom. The van der Waals surface area contributed by atoms with Crippen molar-refractivity contribution in [2.75, 3.05) is 44.8 Å². The Hall–Kier alpha value is -3.25. The van der Waals surface area contributed by atoms with Crippen LogP contribution >= 0.6 is 0 Å². The van der Waals surface area contributed by atoms with Gasteiger partial charge in [0, 0.05) is 31.4 Å². The van der Waals surface area contributed by atoms with Crippen molar-refractivity contribution in [2.24, 2.45) is 0 Å². The van der Waals surface area contributed by atoms with E-state index in [-0.39, 0.29) is 5.82 Å². The number of methoxy groups -OCH3 is 1. The molecule has 0 radical (unpaired) electrons. The minimum atomic E-state index is -0.300. The molecule has 3 aromatic rings. The summed E-state index contributed by atoms with van der Waals surface area (Å²) in [5, 5.41) is 9.92. The predicted molar refractivity (Wildman–Crippen MR) is 169 cm³/mol. The first kappa shape index (κ1) is 30.2. The lowest BCUT2D eigenvalue weighted by molar-refractivity contribution is 0.202. The SMILES string of the molecule is CCN(Cc1ccc(OCCN2CCCCCCCC2)c(F)c1)c1cc(OC)ccc1C1CCc2cc(O)ccc2C1. The highest BCUT2D eigenvalue weighted by molar-refractivity contribution is 5.60. The molecule has 0 spiro atoms. The van der Waals surface area contributed by atoms with E-state index in [9.17, 15) is 5.11 Å². The van der Waals surface area contributed by atoms with Crippen molar-refractivity contribution in [3.8, 4) is 17.2 Å². The molecule has 1 heterocycles. The zero-order valence-corrected chi connectivity index (χ0v) is 25.4. The van der Waals surface area contributed by atoms with Gasteiger partial charge in [-0.05, 0) is 111 Å². The largest absolute Gasteiger partial charge is 0.508 e. The van der Waals surface area contributed by atoms with Crippen molar-refractivity contribution in [3.63, 3.8) is 0 Å². The van der Waals surface area contributed by atoms with E-state index in [2.05, 4.69) is 34.9 Å². The number of anilines is 1. The molecule has 6 heteroatoms.